The summed E-state index contributed by atoms with van der Waals surface area (Å²) in [5.41, 5.74) is 7.38. The number of hydrogen-bond acceptors (Lipinski definition) is 6. The van der Waals surface area contributed by atoms with Gasteiger partial charge in [-0.25, -0.2) is 9.97 Å². The normalized spacial score (nSPS) is 28.5. The molecular formula is C20H30N6O. The maximum Gasteiger partial charge on any atom is 0.147 e. The molecule has 5 rings (SSSR count). The molecule has 2 unspecified atom stereocenters. The highest BCUT2D eigenvalue weighted by atomic mass is 16.5. The lowest BCUT2D eigenvalue weighted by molar-refractivity contribution is -0.0277. The number of piperidine rings is 1. The van der Waals surface area contributed by atoms with Crippen molar-refractivity contribution in [2.24, 2.45) is 0 Å². The predicted octanol–water partition coefficient (Wildman–Crippen LogP) is 2.22. The van der Waals surface area contributed by atoms with Crippen molar-refractivity contribution < 1.29 is 4.74 Å². The largest absolute Gasteiger partial charge is 0.383 e. The molecule has 0 radical (unpaired) electrons. The Balaban J connectivity index is 1.31. The Labute approximate surface area is 160 Å². The zero-order valence-electron chi connectivity index (χ0n) is 16.2. The van der Waals surface area contributed by atoms with Gasteiger partial charge in [0.1, 0.15) is 23.5 Å². The van der Waals surface area contributed by atoms with E-state index < -0.39 is 0 Å². The van der Waals surface area contributed by atoms with Gasteiger partial charge in [0.25, 0.3) is 0 Å². The third-order valence-electron chi connectivity index (χ3n) is 6.81. The first kappa shape index (κ1) is 17.4. The fourth-order valence-corrected chi connectivity index (χ4v) is 5.41. The Morgan fingerprint density at radius 2 is 2.11 bits per heavy atom. The minimum Gasteiger partial charge on any atom is -0.383 e. The van der Waals surface area contributed by atoms with Crippen LogP contribution in [0.1, 0.15) is 50.6 Å². The van der Waals surface area contributed by atoms with Crippen LogP contribution < -0.4 is 11.1 Å². The summed E-state index contributed by atoms with van der Waals surface area (Å²) in [6.07, 6.45) is 9.77. The van der Waals surface area contributed by atoms with Crippen molar-refractivity contribution >= 4 is 16.9 Å². The molecule has 0 aliphatic carbocycles. The van der Waals surface area contributed by atoms with Crippen LogP contribution in [0.15, 0.2) is 12.3 Å². The predicted molar refractivity (Wildman–Crippen MR) is 105 cm³/mol. The molecule has 7 nitrogen and oxygen atoms in total. The fourth-order valence-electron chi connectivity index (χ4n) is 5.41. The number of nitrogens with two attached hydrogens (primary N) is 1. The lowest BCUT2D eigenvalue weighted by Gasteiger charge is -2.42. The van der Waals surface area contributed by atoms with Gasteiger partial charge >= 0.3 is 0 Å². The van der Waals surface area contributed by atoms with Gasteiger partial charge in [0.2, 0.25) is 0 Å². The van der Waals surface area contributed by atoms with Gasteiger partial charge in [-0.05, 0) is 71.1 Å². The summed E-state index contributed by atoms with van der Waals surface area (Å²) in [5, 5.41) is 4.44. The van der Waals surface area contributed by atoms with Crippen LogP contribution in [-0.2, 0) is 4.74 Å². The van der Waals surface area contributed by atoms with E-state index in [-0.39, 0.29) is 6.23 Å². The summed E-state index contributed by atoms with van der Waals surface area (Å²) < 4.78 is 8.64. The zero-order valence-corrected chi connectivity index (χ0v) is 16.2. The van der Waals surface area contributed by atoms with Crippen LogP contribution in [0.3, 0.4) is 0 Å². The van der Waals surface area contributed by atoms with E-state index in [1.54, 1.807) is 0 Å². The van der Waals surface area contributed by atoms with Gasteiger partial charge in [0, 0.05) is 18.3 Å². The Morgan fingerprint density at radius 3 is 2.96 bits per heavy atom. The van der Waals surface area contributed by atoms with Gasteiger partial charge < -0.3 is 20.4 Å². The number of nitrogens with one attached hydrogen (secondary N) is 1. The number of aromatic nitrogens is 3. The van der Waals surface area contributed by atoms with Gasteiger partial charge in [-0.2, -0.15) is 0 Å². The molecule has 7 heteroatoms. The SMILES string of the molecule is Cc1nc(N)c2ccn(C3CCC(CN4CCCC45CCNCC5)O3)c2n1. The average Bonchev–Trinajstić information content (AvgIpc) is 3.36. The number of fused-ring (bicyclic) bond motifs is 1. The summed E-state index contributed by atoms with van der Waals surface area (Å²) in [5.74, 6) is 1.26. The van der Waals surface area contributed by atoms with Gasteiger partial charge in [-0.3, -0.25) is 4.90 Å². The van der Waals surface area contributed by atoms with E-state index in [4.69, 9.17) is 10.5 Å². The molecule has 3 aliphatic rings. The molecule has 3 aliphatic heterocycles. The highest BCUT2D eigenvalue weighted by molar-refractivity contribution is 5.86. The van der Waals surface area contributed by atoms with Crippen LogP contribution in [0.25, 0.3) is 11.0 Å². The smallest absolute Gasteiger partial charge is 0.147 e. The van der Waals surface area contributed by atoms with E-state index in [9.17, 15) is 0 Å². The molecule has 0 amide bonds. The van der Waals surface area contributed by atoms with Crippen molar-refractivity contribution in [3.63, 3.8) is 0 Å². The fraction of sp³-hybridized carbons (Fsp3) is 0.700. The zero-order chi connectivity index (χ0) is 18.4. The molecule has 2 atom stereocenters. The number of ether oxygens (including phenoxy) is 1. The molecular weight excluding hydrogens is 340 g/mol. The third kappa shape index (κ3) is 3.02. The molecule has 0 saturated carbocycles. The lowest BCUT2D eigenvalue weighted by Crippen LogP contribution is -2.52. The van der Waals surface area contributed by atoms with Crippen molar-refractivity contribution in [3.05, 3.63) is 18.1 Å². The minimum absolute atomic E-state index is 0.0489. The van der Waals surface area contributed by atoms with Crippen LogP contribution in [-0.4, -0.2) is 57.3 Å². The summed E-state index contributed by atoms with van der Waals surface area (Å²) in [6.45, 7) is 6.48. The number of likely N-dealkylation sites (tertiary alicyclic amines) is 1. The molecule has 0 aromatic carbocycles. The highest BCUT2D eigenvalue weighted by Crippen LogP contribution is 2.39. The topological polar surface area (TPSA) is 81.2 Å². The van der Waals surface area contributed by atoms with Crippen molar-refractivity contribution in [1.29, 1.82) is 0 Å². The number of aryl methyl sites for hydroxylation is 1. The second-order valence-electron chi connectivity index (χ2n) is 8.43. The van der Waals surface area contributed by atoms with Crippen LogP contribution in [0, 0.1) is 6.92 Å². The monoisotopic (exact) mass is 370 g/mol. The third-order valence-corrected chi connectivity index (χ3v) is 6.81. The van der Waals surface area contributed by atoms with Crippen LogP contribution in [0.4, 0.5) is 5.82 Å². The molecule has 3 fully saturated rings. The van der Waals surface area contributed by atoms with Crippen molar-refractivity contribution in [2.75, 3.05) is 31.9 Å². The van der Waals surface area contributed by atoms with E-state index in [2.05, 4.69) is 24.8 Å². The van der Waals surface area contributed by atoms with Gasteiger partial charge in [0.05, 0.1) is 11.5 Å². The van der Waals surface area contributed by atoms with Crippen molar-refractivity contribution in [2.45, 2.75) is 63.3 Å². The molecule has 27 heavy (non-hydrogen) atoms. The van der Waals surface area contributed by atoms with E-state index >= 15 is 0 Å². The quantitative estimate of drug-likeness (QED) is 0.862. The Hall–Kier alpha value is -1.70. The lowest BCUT2D eigenvalue weighted by atomic mass is 9.85. The summed E-state index contributed by atoms with van der Waals surface area (Å²) in [7, 11) is 0. The number of hydrogen-bond donors (Lipinski definition) is 2. The minimum atomic E-state index is 0.0489. The number of nitrogens with zero attached hydrogens (tertiary/aromatic N) is 4. The molecule has 5 heterocycles. The Kier molecular flexibility index (Phi) is 4.33. The molecule has 3 N–H and O–H groups in total. The molecule has 2 aromatic rings. The average molecular weight is 371 g/mol. The van der Waals surface area contributed by atoms with Crippen molar-refractivity contribution in [3.8, 4) is 0 Å². The van der Waals surface area contributed by atoms with Crippen LogP contribution in [0.5, 0.6) is 0 Å². The first-order chi connectivity index (χ1) is 13.1. The van der Waals surface area contributed by atoms with Gasteiger partial charge in [-0.15, -0.1) is 0 Å². The molecule has 1 spiro atoms. The molecule has 0 bridgehead atoms. The van der Waals surface area contributed by atoms with E-state index in [1.807, 2.05) is 19.2 Å². The Morgan fingerprint density at radius 1 is 1.26 bits per heavy atom. The van der Waals surface area contributed by atoms with Crippen LogP contribution in [0.2, 0.25) is 0 Å². The van der Waals surface area contributed by atoms with Gasteiger partial charge in [-0.1, -0.05) is 0 Å². The molecule has 2 aromatic heterocycles. The van der Waals surface area contributed by atoms with E-state index in [0.717, 1.165) is 43.5 Å². The van der Waals surface area contributed by atoms with Crippen LogP contribution >= 0.6 is 0 Å². The summed E-state index contributed by atoms with van der Waals surface area (Å²) in [4.78, 5) is 11.6. The standard InChI is InChI=1S/C20H30N6O/c1-14-23-18(21)16-5-12-26(19(16)24-14)17-4-3-15(27-17)13-25-11-2-6-20(25)7-9-22-10-8-20/h5,12,15,17,22H,2-4,6-11,13H2,1H3,(H2,21,23,24). The van der Waals surface area contributed by atoms with Crippen molar-refractivity contribution in [1.82, 2.24) is 24.8 Å². The first-order valence-corrected chi connectivity index (χ1v) is 10.4. The van der Waals surface area contributed by atoms with E-state index in [1.165, 1.54) is 32.2 Å². The summed E-state index contributed by atoms with van der Waals surface area (Å²) in [6, 6.07) is 2.01. The summed E-state index contributed by atoms with van der Waals surface area (Å²) >= 11 is 0. The highest BCUT2D eigenvalue weighted by Gasteiger charge is 2.43. The number of nitrogen functional groups attached to an aromatic ring is 1. The number of rotatable bonds is 3. The van der Waals surface area contributed by atoms with E-state index in [0.29, 0.717) is 23.3 Å². The first-order valence-electron chi connectivity index (χ1n) is 10.4. The molecule has 3 saturated heterocycles. The second kappa shape index (κ2) is 6.72. The number of anilines is 1. The maximum absolute atomic E-state index is 6.49. The maximum atomic E-state index is 6.49. The Bertz CT molecular complexity index is 827. The second-order valence-corrected chi connectivity index (χ2v) is 8.43. The molecule has 146 valence electrons. The van der Waals surface area contributed by atoms with Gasteiger partial charge in [0.15, 0.2) is 0 Å².